The minimum absolute atomic E-state index is 0. The Balaban J connectivity index is 0.00000392. The maximum absolute atomic E-state index is 4.71. The zero-order chi connectivity index (χ0) is 19.6. The zero-order valence-corrected chi connectivity index (χ0v) is 20.2. The van der Waals surface area contributed by atoms with Crippen molar-refractivity contribution in [2.75, 3.05) is 6.54 Å². The third-order valence-corrected chi connectivity index (χ3v) is 4.42. The molecule has 6 nitrogen and oxygen atoms in total. The Morgan fingerprint density at radius 2 is 2.00 bits per heavy atom. The predicted octanol–water partition coefficient (Wildman–Crippen LogP) is 4.53. The molecule has 0 aliphatic carbocycles. The van der Waals surface area contributed by atoms with Crippen molar-refractivity contribution < 1.29 is 0 Å². The van der Waals surface area contributed by atoms with Crippen LogP contribution < -0.4 is 10.6 Å². The van der Waals surface area contributed by atoms with Gasteiger partial charge in [-0.1, -0.05) is 32.3 Å². The average Bonchev–Trinajstić information content (AvgIpc) is 2.99. The van der Waals surface area contributed by atoms with Crippen molar-refractivity contribution in [2.45, 2.75) is 72.9 Å². The lowest BCUT2D eigenvalue weighted by molar-refractivity contribution is 0.547. The van der Waals surface area contributed by atoms with Crippen molar-refractivity contribution in [1.82, 2.24) is 25.4 Å². The summed E-state index contributed by atoms with van der Waals surface area (Å²) in [6.07, 6.45) is 6.83. The standard InChI is InChI=1S/C21H34N6.HI/c1-6-8-9-10-16(3)25-21(22-7-2)24-15-19-11-12-20(23-14-19)27-18(5)13-17(4)26-27;/h11-14,16H,6-10,15H2,1-5H3,(H2,22,24,25);1H. The molecule has 2 aromatic heterocycles. The van der Waals surface area contributed by atoms with E-state index in [1.165, 1.54) is 19.3 Å². The number of unbranched alkanes of at least 4 members (excludes halogenated alkanes) is 2. The Kier molecular flexibility index (Phi) is 11.1. The van der Waals surface area contributed by atoms with Gasteiger partial charge in [0.05, 0.1) is 12.2 Å². The SMILES string of the molecule is CCCCCC(C)NC(=NCc1ccc(-n2nc(C)cc2C)nc1)NCC.I. The second kappa shape index (κ2) is 12.7. The number of aromatic nitrogens is 3. The molecule has 0 radical (unpaired) electrons. The number of hydrogen-bond donors (Lipinski definition) is 2. The summed E-state index contributed by atoms with van der Waals surface area (Å²) in [6.45, 7) is 12.0. The highest BCUT2D eigenvalue weighted by molar-refractivity contribution is 14.0. The first-order valence-electron chi connectivity index (χ1n) is 10.1. The average molecular weight is 498 g/mol. The molecule has 0 spiro atoms. The number of aryl methyl sites for hydroxylation is 2. The van der Waals surface area contributed by atoms with Gasteiger partial charge in [-0.15, -0.1) is 24.0 Å². The first kappa shape index (κ1) is 24.4. The van der Waals surface area contributed by atoms with Crippen LogP contribution in [0.1, 0.15) is 63.4 Å². The zero-order valence-electron chi connectivity index (χ0n) is 17.8. The Morgan fingerprint density at radius 1 is 1.21 bits per heavy atom. The molecule has 0 aliphatic heterocycles. The number of guanidine groups is 1. The predicted molar refractivity (Wildman–Crippen MR) is 128 cm³/mol. The van der Waals surface area contributed by atoms with Crippen LogP contribution in [0.2, 0.25) is 0 Å². The van der Waals surface area contributed by atoms with Crippen molar-refractivity contribution in [3.8, 4) is 5.82 Å². The van der Waals surface area contributed by atoms with Crippen molar-refractivity contribution in [2.24, 2.45) is 4.99 Å². The van der Waals surface area contributed by atoms with Gasteiger partial charge in [0.2, 0.25) is 0 Å². The van der Waals surface area contributed by atoms with E-state index in [1.54, 1.807) is 0 Å². The number of nitrogens with one attached hydrogen (secondary N) is 2. The molecule has 0 aromatic carbocycles. The highest BCUT2D eigenvalue weighted by atomic mass is 127. The summed E-state index contributed by atoms with van der Waals surface area (Å²) in [7, 11) is 0. The molecule has 2 N–H and O–H groups in total. The Hall–Kier alpha value is -1.64. The number of aliphatic imine (C=N–C) groups is 1. The summed E-state index contributed by atoms with van der Waals surface area (Å²) < 4.78 is 1.87. The van der Waals surface area contributed by atoms with Crippen LogP contribution in [0.4, 0.5) is 0 Å². The van der Waals surface area contributed by atoms with E-state index in [4.69, 9.17) is 4.99 Å². The minimum atomic E-state index is 0. The van der Waals surface area contributed by atoms with Gasteiger partial charge in [0, 0.05) is 24.5 Å². The Labute approximate surface area is 186 Å². The summed E-state index contributed by atoms with van der Waals surface area (Å²) in [5.41, 5.74) is 3.16. The maximum Gasteiger partial charge on any atom is 0.191 e. The van der Waals surface area contributed by atoms with E-state index in [9.17, 15) is 0 Å². The van der Waals surface area contributed by atoms with Crippen LogP contribution in [0.3, 0.4) is 0 Å². The van der Waals surface area contributed by atoms with Crippen molar-refractivity contribution in [1.29, 1.82) is 0 Å². The first-order chi connectivity index (χ1) is 13.0. The number of pyridine rings is 1. The lowest BCUT2D eigenvalue weighted by Gasteiger charge is -2.17. The van der Waals surface area contributed by atoms with Crippen LogP contribution in [0.5, 0.6) is 0 Å². The molecule has 156 valence electrons. The van der Waals surface area contributed by atoms with Gasteiger partial charge in [0.15, 0.2) is 11.8 Å². The van der Waals surface area contributed by atoms with E-state index >= 15 is 0 Å². The molecule has 2 rings (SSSR count). The van der Waals surface area contributed by atoms with Gasteiger partial charge >= 0.3 is 0 Å². The highest BCUT2D eigenvalue weighted by Crippen LogP contribution is 2.11. The molecule has 1 unspecified atom stereocenters. The van der Waals surface area contributed by atoms with Gasteiger partial charge in [-0.3, -0.25) is 0 Å². The monoisotopic (exact) mass is 498 g/mol. The first-order valence-corrected chi connectivity index (χ1v) is 10.1. The number of halogens is 1. The van der Waals surface area contributed by atoms with Crippen LogP contribution in [-0.2, 0) is 6.54 Å². The second-order valence-electron chi connectivity index (χ2n) is 7.10. The largest absolute Gasteiger partial charge is 0.357 e. The van der Waals surface area contributed by atoms with Crippen LogP contribution in [0.25, 0.3) is 5.82 Å². The van der Waals surface area contributed by atoms with Gasteiger partial charge in [-0.25, -0.2) is 14.7 Å². The molecule has 1 atom stereocenters. The number of nitrogens with zero attached hydrogens (tertiary/aromatic N) is 4. The maximum atomic E-state index is 4.71. The van der Waals surface area contributed by atoms with E-state index in [-0.39, 0.29) is 24.0 Å². The third kappa shape index (κ3) is 7.77. The fourth-order valence-corrected chi connectivity index (χ4v) is 2.99. The molecule has 0 saturated carbocycles. The van der Waals surface area contributed by atoms with Crippen LogP contribution in [-0.4, -0.2) is 33.3 Å². The van der Waals surface area contributed by atoms with E-state index < -0.39 is 0 Å². The minimum Gasteiger partial charge on any atom is -0.357 e. The lowest BCUT2D eigenvalue weighted by atomic mass is 10.1. The highest BCUT2D eigenvalue weighted by Gasteiger charge is 2.06. The summed E-state index contributed by atoms with van der Waals surface area (Å²) in [4.78, 5) is 9.26. The number of rotatable bonds is 9. The summed E-state index contributed by atoms with van der Waals surface area (Å²) in [5.74, 6) is 1.70. The van der Waals surface area contributed by atoms with Gasteiger partial charge in [-0.05, 0) is 51.8 Å². The van der Waals surface area contributed by atoms with E-state index in [0.29, 0.717) is 12.6 Å². The number of hydrogen-bond acceptors (Lipinski definition) is 3. The molecular weight excluding hydrogens is 463 g/mol. The van der Waals surface area contributed by atoms with Crippen molar-refractivity contribution in [3.05, 3.63) is 41.3 Å². The van der Waals surface area contributed by atoms with E-state index in [0.717, 1.165) is 41.7 Å². The topological polar surface area (TPSA) is 67.1 Å². The van der Waals surface area contributed by atoms with Crippen molar-refractivity contribution >= 4 is 29.9 Å². The summed E-state index contributed by atoms with van der Waals surface area (Å²) in [6, 6.07) is 6.53. The third-order valence-electron chi connectivity index (χ3n) is 4.42. The van der Waals surface area contributed by atoms with Gasteiger partial charge in [-0.2, -0.15) is 5.10 Å². The van der Waals surface area contributed by atoms with Gasteiger partial charge < -0.3 is 10.6 Å². The van der Waals surface area contributed by atoms with Gasteiger partial charge in [0.25, 0.3) is 0 Å². The molecule has 0 fully saturated rings. The molecule has 28 heavy (non-hydrogen) atoms. The molecule has 0 saturated heterocycles. The fourth-order valence-electron chi connectivity index (χ4n) is 2.99. The molecule has 2 aromatic rings. The fraction of sp³-hybridized carbons (Fsp3) is 0.571. The molecule has 0 bridgehead atoms. The van der Waals surface area contributed by atoms with Crippen LogP contribution >= 0.6 is 24.0 Å². The smallest absolute Gasteiger partial charge is 0.191 e. The molecule has 0 amide bonds. The summed E-state index contributed by atoms with van der Waals surface area (Å²) >= 11 is 0. The van der Waals surface area contributed by atoms with Crippen LogP contribution in [0.15, 0.2) is 29.4 Å². The Morgan fingerprint density at radius 3 is 2.57 bits per heavy atom. The molecular formula is C21H35IN6. The molecule has 2 heterocycles. The second-order valence-corrected chi connectivity index (χ2v) is 7.10. The van der Waals surface area contributed by atoms with Gasteiger partial charge in [0.1, 0.15) is 0 Å². The van der Waals surface area contributed by atoms with E-state index in [1.807, 2.05) is 30.8 Å². The normalized spacial score (nSPS) is 12.4. The lowest BCUT2D eigenvalue weighted by Crippen LogP contribution is -2.42. The Bertz CT molecular complexity index is 723. The van der Waals surface area contributed by atoms with Crippen molar-refractivity contribution in [3.63, 3.8) is 0 Å². The molecule has 0 aliphatic rings. The van der Waals surface area contributed by atoms with E-state index in [2.05, 4.69) is 53.6 Å². The molecule has 7 heteroatoms. The van der Waals surface area contributed by atoms with Crippen LogP contribution in [0, 0.1) is 13.8 Å². The quantitative estimate of drug-likeness (QED) is 0.231. The summed E-state index contributed by atoms with van der Waals surface area (Å²) in [5, 5.41) is 11.3.